The highest BCUT2D eigenvalue weighted by molar-refractivity contribution is 7.80. The summed E-state index contributed by atoms with van der Waals surface area (Å²) in [6.07, 6.45) is 11.3. The lowest BCUT2D eigenvalue weighted by molar-refractivity contribution is 0.298. The average molecular weight is 427 g/mol. The monoisotopic (exact) mass is 426 g/mol. The molecule has 2 atom stereocenters. The number of pyridine rings is 3. The third kappa shape index (κ3) is 4.04. The van der Waals surface area contributed by atoms with Crippen LogP contribution >= 0.6 is 12.2 Å². The van der Waals surface area contributed by atoms with Crippen molar-refractivity contribution in [3.63, 3.8) is 0 Å². The third-order valence-corrected chi connectivity index (χ3v) is 5.87. The van der Waals surface area contributed by atoms with Crippen LogP contribution in [-0.2, 0) is 13.1 Å². The zero-order chi connectivity index (χ0) is 21.0. The molecule has 31 heavy (non-hydrogen) atoms. The van der Waals surface area contributed by atoms with Gasteiger partial charge in [-0.3, -0.25) is 15.0 Å². The minimum atomic E-state index is -0.0482. The van der Waals surface area contributed by atoms with Crippen LogP contribution < -0.4 is 5.32 Å². The van der Waals surface area contributed by atoms with E-state index in [2.05, 4.69) is 66.3 Å². The van der Waals surface area contributed by atoms with E-state index in [0.717, 1.165) is 28.5 Å². The van der Waals surface area contributed by atoms with Gasteiger partial charge >= 0.3 is 0 Å². The average Bonchev–Trinajstić information content (AvgIpc) is 3.40. The Morgan fingerprint density at radius 3 is 2.29 bits per heavy atom. The van der Waals surface area contributed by atoms with Crippen LogP contribution in [-0.4, -0.2) is 29.5 Å². The van der Waals surface area contributed by atoms with E-state index in [-0.39, 0.29) is 12.1 Å². The number of nitrogens with one attached hydrogen (secondary N) is 1. The van der Waals surface area contributed by atoms with E-state index in [1.165, 1.54) is 5.69 Å². The molecule has 1 saturated heterocycles. The zero-order valence-corrected chi connectivity index (χ0v) is 17.7. The molecule has 154 valence electrons. The Morgan fingerprint density at radius 2 is 1.61 bits per heavy atom. The largest absolute Gasteiger partial charge is 0.352 e. The van der Waals surface area contributed by atoms with Gasteiger partial charge in [-0.1, -0.05) is 18.2 Å². The quantitative estimate of drug-likeness (QED) is 0.472. The molecule has 5 heterocycles. The minimum Gasteiger partial charge on any atom is -0.352 e. The van der Waals surface area contributed by atoms with Crippen molar-refractivity contribution in [3.05, 3.63) is 114 Å². The molecule has 0 radical (unpaired) electrons. The predicted octanol–water partition coefficient (Wildman–Crippen LogP) is 3.89. The van der Waals surface area contributed by atoms with Crippen molar-refractivity contribution in [2.75, 3.05) is 0 Å². The lowest BCUT2D eigenvalue weighted by atomic mass is 10.0. The first-order chi connectivity index (χ1) is 15.3. The number of hydrogen-bond donors (Lipinski definition) is 1. The van der Waals surface area contributed by atoms with E-state index < -0.39 is 0 Å². The summed E-state index contributed by atoms with van der Waals surface area (Å²) in [5.74, 6) is 0. The number of hydrogen-bond acceptors (Lipinski definition) is 4. The number of nitrogens with zero attached hydrogens (tertiary/aromatic N) is 5. The van der Waals surface area contributed by atoms with Crippen LogP contribution in [0.2, 0.25) is 0 Å². The molecule has 7 heteroatoms. The van der Waals surface area contributed by atoms with E-state index >= 15 is 0 Å². The molecular weight excluding hydrogens is 404 g/mol. The Hall–Kier alpha value is -3.58. The summed E-state index contributed by atoms with van der Waals surface area (Å²) in [6.45, 7) is 1.42. The van der Waals surface area contributed by atoms with Crippen molar-refractivity contribution < 1.29 is 0 Å². The summed E-state index contributed by atoms with van der Waals surface area (Å²) in [5.41, 5.74) is 4.42. The Bertz CT molecular complexity index is 1150. The van der Waals surface area contributed by atoms with Gasteiger partial charge in [0.1, 0.15) is 0 Å². The van der Waals surface area contributed by atoms with E-state index in [4.69, 9.17) is 12.2 Å². The summed E-state index contributed by atoms with van der Waals surface area (Å²) in [5, 5.41) is 4.24. The Labute approximate surface area is 186 Å². The number of thiocarbonyl (C=S) groups is 1. The van der Waals surface area contributed by atoms with Crippen LogP contribution in [0, 0.1) is 0 Å². The molecule has 0 saturated carbocycles. The highest BCUT2D eigenvalue weighted by Gasteiger charge is 2.41. The molecule has 6 nitrogen and oxygen atoms in total. The molecule has 0 bridgehead atoms. The predicted molar refractivity (Wildman–Crippen MR) is 123 cm³/mol. The van der Waals surface area contributed by atoms with Gasteiger partial charge in [-0.2, -0.15) is 0 Å². The maximum atomic E-state index is 5.79. The van der Waals surface area contributed by atoms with Crippen LogP contribution in [0.15, 0.2) is 91.8 Å². The van der Waals surface area contributed by atoms with E-state index in [1.807, 2.05) is 42.9 Å². The van der Waals surface area contributed by atoms with E-state index in [9.17, 15) is 0 Å². The van der Waals surface area contributed by atoms with Gasteiger partial charge in [-0.25, -0.2) is 0 Å². The van der Waals surface area contributed by atoms with Crippen LogP contribution in [0.1, 0.15) is 34.6 Å². The topological polar surface area (TPSA) is 58.9 Å². The molecule has 0 aromatic carbocycles. The second-order valence-corrected chi connectivity index (χ2v) is 7.92. The highest BCUT2D eigenvalue weighted by Crippen LogP contribution is 2.39. The maximum absolute atomic E-state index is 5.79. The Kier molecular flexibility index (Phi) is 5.41. The third-order valence-electron chi connectivity index (χ3n) is 5.52. The number of rotatable bonds is 6. The fourth-order valence-corrected chi connectivity index (χ4v) is 4.42. The molecule has 1 N–H and O–H groups in total. The molecule has 4 aromatic rings. The van der Waals surface area contributed by atoms with Gasteiger partial charge in [-0.15, -0.1) is 0 Å². The number of aromatic nitrogens is 4. The van der Waals surface area contributed by atoms with E-state index in [0.29, 0.717) is 6.54 Å². The molecule has 1 aliphatic heterocycles. The Balaban J connectivity index is 1.54. The Morgan fingerprint density at radius 1 is 0.839 bits per heavy atom. The van der Waals surface area contributed by atoms with Gasteiger partial charge in [0.2, 0.25) is 0 Å². The van der Waals surface area contributed by atoms with Gasteiger partial charge < -0.3 is 14.8 Å². The summed E-state index contributed by atoms with van der Waals surface area (Å²) in [7, 11) is 0. The molecule has 5 rings (SSSR count). The maximum Gasteiger partial charge on any atom is 0.170 e. The summed E-state index contributed by atoms with van der Waals surface area (Å²) in [4.78, 5) is 15.4. The molecule has 0 unspecified atom stereocenters. The van der Waals surface area contributed by atoms with Crippen molar-refractivity contribution in [3.8, 4) is 0 Å². The van der Waals surface area contributed by atoms with Crippen LogP contribution in [0.25, 0.3) is 0 Å². The smallest absolute Gasteiger partial charge is 0.170 e. The molecule has 4 aromatic heterocycles. The van der Waals surface area contributed by atoms with Gasteiger partial charge in [0.15, 0.2) is 5.11 Å². The van der Waals surface area contributed by atoms with Gasteiger partial charge in [0, 0.05) is 56.0 Å². The van der Waals surface area contributed by atoms with E-state index in [1.54, 1.807) is 12.4 Å². The summed E-state index contributed by atoms with van der Waals surface area (Å²) >= 11 is 5.79. The van der Waals surface area contributed by atoms with Crippen LogP contribution in [0.5, 0.6) is 0 Å². The van der Waals surface area contributed by atoms with Crippen molar-refractivity contribution in [1.29, 1.82) is 0 Å². The van der Waals surface area contributed by atoms with Crippen LogP contribution in [0.4, 0.5) is 0 Å². The van der Waals surface area contributed by atoms with Crippen molar-refractivity contribution in [2.45, 2.75) is 25.2 Å². The standard InChI is InChI=1S/C24H22N6S/c31-24-28-22(20-8-1-2-12-27-20)23(30(24)17-19-7-4-11-26-15-19)21-9-5-13-29(21)16-18-6-3-10-25-14-18/h1-15,22-23H,16-17H2,(H,28,31)/t22-,23-/m1/s1. The molecule has 0 spiro atoms. The summed E-state index contributed by atoms with van der Waals surface area (Å²) in [6, 6.07) is 18.3. The highest BCUT2D eigenvalue weighted by atomic mass is 32.1. The first-order valence-corrected chi connectivity index (χ1v) is 10.6. The fraction of sp³-hybridized carbons (Fsp3) is 0.167. The van der Waals surface area contributed by atoms with Crippen molar-refractivity contribution in [1.82, 2.24) is 29.7 Å². The minimum absolute atomic E-state index is 0.00530. The first kappa shape index (κ1) is 19.4. The first-order valence-electron chi connectivity index (χ1n) is 10.2. The lowest BCUT2D eigenvalue weighted by Crippen LogP contribution is -2.30. The van der Waals surface area contributed by atoms with Gasteiger partial charge in [-0.05, 0) is 59.7 Å². The molecular formula is C24H22N6S. The molecule has 1 fully saturated rings. The fourth-order valence-electron chi connectivity index (χ4n) is 4.11. The van der Waals surface area contributed by atoms with Crippen molar-refractivity contribution >= 4 is 17.3 Å². The lowest BCUT2D eigenvalue weighted by Gasteiger charge is -2.29. The second-order valence-electron chi connectivity index (χ2n) is 7.54. The normalized spacial score (nSPS) is 18.2. The summed E-state index contributed by atoms with van der Waals surface area (Å²) < 4.78 is 2.27. The van der Waals surface area contributed by atoms with Crippen molar-refractivity contribution in [2.24, 2.45) is 0 Å². The van der Waals surface area contributed by atoms with Crippen LogP contribution in [0.3, 0.4) is 0 Å². The van der Waals surface area contributed by atoms with Gasteiger partial charge in [0.25, 0.3) is 0 Å². The molecule has 1 aliphatic rings. The molecule has 0 aliphatic carbocycles. The SMILES string of the molecule is S=C1N[C@H](c2ccccn2)[C@@H](c2cccn2Cc2cccnc2)N1Cc1cccnc1. The zero-order valence-electron chi connectivity index (χ0n) is 16.9. The van der Waals surface area contributed by atoms with Gasteiger partial charge in [0.05, 0.1) is 17.8 Å². The molecule has 0 amide bonds. The second kappa shape index (κ2) is 8.65.